The molecular weight excluding hydrogens is 408 g/mol. The lowest BCUT2D eigenvalue weighted by molar-refractivity contribution is 0.477. The molecule has 9 nitrogen and oxygen atoms in total. The Labute approximate surface area is 182 Å². The van der Waals surface area contributed by atoms with Gasteiger partial charge in [0.2, 0.25) is 0 Å². The Balaban J connectivity index is 1.77. The van der Waals surface area contributed by atoms with Crippen LogP contribution < -0.4 is 11.4 Å². The van der Waals surface area contributed by atoms with Crippen molar-refractivity contribution in [2.45, 2.75) is 33.7 Å². The van der Waals surface area contributed by atoms with Gasteiger partial charge in [0, 0.05) is 35.8 Å². The van der Waals surface area contributed by atoms with E-state index in [9.17, 15) is 14.7 Å². The lowest BCUT2D eigenvalue weighted by Gasteiger charge is -2.11. The van der Waals surface area contributed by atoms with Crippen LogP contribution in [0.1, 0.15) is 31.1 Å². The minimum atomic E-state index is -0.417. The Morgan fingerprint density at radius 1 is 1.03 bits per heavy atom. The fourth-order valence-corrected chi connectivity index (χ4v) is 4.45. The van der Waals surface area contributed by atoms with Crippen molar-refractivity contribution in [2.75, 3.05) is 0 Å². The molecule has 0 spiro atoms. The summed E-state index contributed by atoms with van der Waals surface area (Å²) in [6, 6.07) is 8.88. The molecule has 5 aromatic rings. The first-order valence-corrected chi connectivity index (χ1v) is 10.4. The van der Waals surface area contributed by atoms with Crippen molar-refractivity contribution in [1.29, 1.82) is 0 Å². The number of aryl methyl sites for hydroxylation is 2. The van der Waals surface area contributed by atoms with Gasteiger partial charge in [-0.2, -0.15) is 5.10 Å². The van der Waals surface area contributed by atoms with Gasteiger partial charge in [-0.15, -0.1) is 0 Å². The first-order chi connectivity index (χ1) is 15.2. The fraction of sp³-hybridized carbons (Fsp3) is 0.261. The molecule has 3 aromatic heterocycles. The number of phenols is 1. The second-order valence-corrected chi connectivity index (χ2v) is 8.44. The number of H-pyrrole nitrogens is 2. The number of nitrogens with zero attached hydrogens (tertiary/aromatic N) is 4. The van der Waals surface area contributed by atoms with Gasteiger partial charge in [0.15, 0.2) is 5.82 Å². The Kier molecular flexibility index (Phi) is 4.20. The van der Waals surface area contributed by atoms with Crippen LogP contribution in [0.25, 0.3) is 39.0 Å². The highest BCUT2D eigenvalue weighted by molar-refractivity contribution is 5.88. The number of nitrogens with one attached hydrogen (secondary N) is 2. The summed E-state index contributed by atoms with van der Waals surface area (Å²) in [7, 11) is 2.01. The van der Waals surface area contributed by atoms with Gasteiger partial charge >= 0.3 is 11.4 Å². The van der Waals surface area contributed by atoms with Crippen LogP contribution in [0.15, 0.2) is 39.9 Å². The lowest BCUT2D eigenvalue weighted by atomic mass is 10.1. The summed E-state index contributed by atoms with van der Waals surface area (Å²) in [5.74, 6) is 0.186. The third-order valence-corrected chi connectivity index (χ3v) is 6.31. The van der Waals surface area contributed by atoms with Crippen LogP contribution in [0.4, 0.5) is 0 Å². The molecule has 0 atom stereocenters. The number of fused-ring (bicyclic) bond motifs is 2. The number of aromatic amines is 2. The van der Waals surface area contributed by atoms with Crippen LogP contribution in [0.2, 0.25) is 0 Å². The molecule has 0 saturated heterocycles. The lowest BCUT2D eigenvalue weighted by Crippen LogP contribution is -2.18. The third-order valence-electron chi connectivity index (χ3n) is 6.31. The van der Waals surface area contributed by atoms with Crippen molar-refractivity contribution >= 4 is 21.9 Å². The highest BCUT2D eigenvalue weighted by Gasteiger charge is 2.20. The molecule has 0 fully saturated rings. The Bertz CT molecular complexity index is 1640. The molecule has 32 heavy (non-hydrogen) atoms. The van der Waals surface area contributed by atoms with E-state index in [0.717, 1.165) is 22.2 Å². The molecule has 0 unspecified atom stereocenters. The van der Waals surface area contributed by atoms with Crippen molar-refractivity contribution in [2.24, 2.45) is 7.05 Å². The number of phenolic OH excluding ortho intramolecular Hbond substituents is 1. The molecule has 0 amide bonds. The van der Waals surface area contributed by atoms with E-state index in [4.69, 9.17) is 0 Å². The largest absolute Gasteiger partial charge is 0.507 e. The topological polar surface area (TPSA) is 114 Å². The van der Waals surface area contributed by atoms with Crippen molar-refractivity contribution in [3.05, 3.63) is 62.6 Å². The number of aromatic nitrogens is 6. The summed E-state index contributed by atoms with van der Waals surface area (Å²) < 4.78 is 5.16. The quantitative estimate of drug-likeness (QED) is 0.406. The van der Waals surface area contributed by atoms with Crippen LogP contribution in [-0.2, 0) is 7.05 Å². The molecule has 0 aliphatic heterocycles. The highest BCUT2D eigenvalue weighted by atomic mass is 16.3. The van der Waals surface area contributed by atoms with Gasteiger partial charge in [0.25, 0.3) is 0 Å². The van der Waals surface area contributed by atoms with Gasteiger partial charge in [-0.3, -0.25) is 4.57 Å². The van der Waals surface area contributed by atoms with E-state index in [2.05, 4.69) is 33.6 Å². The van der Waals surface area contributed by atoms with E-state index in [1.807, 2.05) is 39.1 Å². The van der Waals surface area contributed by atoms with Crippen LogP contribution in [0.3, 0.4) is 0 Å². The summed E-state index contributed by atoms with van der Waals surface area (Å²) in [6.07, 6.45) is 0. The predicted octanol–water partition coefficient (Wildman–Crippen LogP) is 3.27. The third kappa shape index (κ3) is 2.67. The summed E-state index contributed by atoms with van der Waals surface area (Å²) in [4.78, 5) is 27.9. The monoisotopic (exact) mass is 432 g/mol. The number of aromatic hydroxyl groups is 1. The summed E-state index contributed by atoms with van der Waals surface area (Å²) in [5.41, 5.74) is 4.82. The average Bonchev–Trinajstić information content (AvgIpc) is 3.35. The first-order valence-electron chi connectivity index (χ1n) is 10.4. The maximum Gasteiger partial charge on any atom is 0.348 e. The SMILES string of the molecule is Cc1c(C)n(C)c2ccc(-n3c(-c4cc5c(cc4O)[nH]c(=O)n5C(C)C)n[nH]c3=O)cc12. The molecule has 0 bridgehead atoms. The van der Waals surface area contributed by atoms with E-state index < -0.39 is 5.69 Å². The smallest absolute Gasteiger partial charge is 0.348 e. The summed E-state index contributed by atoms with van der Waals surface area (Å²) >= 11 is 0. The van der Waals surface area contributed by atoms with Crippen LogP contribution in [0, 0.1) is 13.8 Å². The summed E-state index contributed by atoms with van der Waals surface area (Å²) in [6.45, 7) is 7.93. The van der Waals surface area contributed by atoms with E-state index >= 15 is 0 Å². The van der Waals surface area contributed by atoms with Gasteiger partial charge in [-0.1, -0.05) is 0 Å². The van der Waals surface area contributed by atoms with Gasteiger partial charge < -0.3 is 14.7 Å². The van der Waals surface area contributed by atoms with Gasteiger partial charge in [0.05, 0.1) is 22.3 Å². The number of benzene rings is 2. The van der Waals surface area contributed by atoms with Crippen molar-refractivity contribution in [1.82, 2.24) is 28.9 Å². The zero-order chi connectivity index (χ0) is 22.9. The van der Waals surface area contributed by atoms with Gasteiger partial charge in [0.1, 0.15) is 5.75 Å². The fourth-order valence-electron chi connectivity index (χ4n) is 4.45. The highest BCUT2D eigenvalue weighted by Crippen LogP contribution is 2.33. The van der Waals surface area contributed by atoms with Gasteiger partial charge in [-0.05, 0) is 57.5 Å². The van der Waals surface area contributed by atoms with E-state index in [1.165, 1.54) is 10.6 Å². The van der Waals surface area contributed by atoms with E-state index in [0.29, 0.717) is 22.3 Å². The second-order valence-electron chi connectivity index (χ2n) is 8.44. The Morgan fingerprint density at radius 3 is 2.50 bits per heavy atom. The average molecular weight is 432 g/mol. The molecule has 9 heteroatoms. The van der Waals surface area contributed by atoms with Crippen LogP contribution in [0.5, 0.6) is 5.75 Å². The molecule has 0 aliphatic rings. The van der Waals surface area contributed by atoms with Crippen molar-refractivity contribution < 1.29 is 5.11 Å². The first kappa shape index (κ1) is 19.9. The van der Waals surface area contributed by atoms with Crippen LogP contribution >= 0.6 is 0 Å². The molecule has 0 aliphatic carbocycles. The van der Waals surface area contributed by atoms with E-state index in [-0.39, 0.29) is 23.3 Å². The molecule has 0 radical (unpaired) electrons. The Morgan fingerprint density at radius 2 is 1.78 bits per heavy atom. The molecule has 3 heterocycles. The zero-order valence-corrected chi connectivity index (χ0v) is 18.5. The minimum Gasteiger partial charge on any atom is -0.507 e. The second kappa shape index (κ2) is 6.74. The number of imidazole rings is 1. The van der Waals surface area contributed by atoms with Gasteiger partial charge in [-0.25, -0.2) is 19.3 Å². The predicted molar refractivity (Wildman–Crippen MR) is 124 cm³/mol. The normalized spacial score (nSPS) is 11.9. The maximum absolute atomic E-state index is 12.8. The molecule has 0 saturated carbocycles. The summed E-state index contributed by atoms with van der Waals surface area (Å²) in [5, 5.41) is 18.5. The molecule has 5 rings (SSSR count). The van der Waals surface area contributed by atoms with Crippen molar-refractivity contribution in [3.8, 4) is 22.8 Å². The maximum atomic E-state index is 12.8. The zero-order valence-electron chi connectivity index (χ0n) is 18.5. The number of hydrogen-bond donors (Lipinski definition) is 3. The van der Waals surface area contributed by atoms with Crippen molar-refractivity contribution in [3.63, 3.8) is 0 Å². The Hall–Kier alpha value is -4.01. The van der Waals surface area contributed by atoms with Crippen LogP contribution in [-0.4, -0.2) is 34.0 Å². The standard InChI is InChI=1S/C23H24N6O3/c1-11(2)28-19-9-16(20(30)10-17(19)24-22(28)31)21-25-26-23(32)29(21)14-6-7-18-15(8-14)12(3)13(4)27(18)5/h6-11,30H,1-5H3,(H,24,31)(H,26,32). The number of rotatable bonds is 3. The molecule has 2 aromatic carbocycles. The minimum absolute atomic E-state index is 0.0808. The number of hydrogen-bond acceptors (Lipinski definition) is 4. The molecule has 3 N–H and O–H groups in total. The van der Waals surface area contributed by atoms with E-state index in [1.54, 1.807) is 10.6 Å². The molecule has 164 valence electrons. The molecular formula is C23H24N6O3.